The molecule has 0 saturated carbocycles. The fraction of sp³-hybridized carbons (Fsp3) is 0.500. The van der Waals surface area contributed by atoms with Gasteiger partial charge in [0.1, 0.15) is 4.86 Å². The summed E-state index contributed by atoms with van der Waals surface area (Å²) >= 11 is 0. The molecule has 0 atom stereocenters. The molecule has 0 N–H and O–H groups in total. The number of methoxy groups -OCH3 is 2. The lowest BCUT2D eigenvalue weighted by atomic mass is 10.3. The van der Waals surface area contributed by atoms with Crippen LogP contribution in [0, 0.1) is 0 Å². The number of rotatable bonds is 3. The molecule has 0 bridgehead atoms. The number of ketones is 1. The van der Waals surface area contributed by atoms with Gasteiger partial charge in [-0.25, -0.2) is 9.59 Å². The van der Waals surface area contributed by atoms with Crippen molar-refractivity contribution in [3.63, 3.8) is 0 Å². The van der Waals surface area contributed by atoms with E-state index in [0.717, 1.165) is 14.2 Å². The van der Waals surface area contributed by atoms with Crippen LogP contribution in [-0.4, -0.2) is 49.3 Å². The van der Waals surface area contributed by atoms with Gasteiger partial charge in [-0.1, -0.05) is 0 Å². The summed E-state index contributed by atoms with van der Waals surface area (Å²) in [6.07, 6.45) is 3.29. The van der Waals surface area contributed by atoms with Crippen LogP contribution in [0.25, 0.3) is 0 Å². The van der Waals surface area contributed by atoms with E-state index in [1.165, 1.54) is 0 Å². The molecular weight excluding hydrogens is 208 g/mol. The van der Waals surface area contributed by atoms with Crippen LogP contribution in [0.5, 0.6) is 0 Å². The van der Waals surface area contributed by atoms with Gasteiger partial charge in [0.15, 0.2) is 0 Å². The third-order valence-electron chi connectivity index (χ3n) is 1.36. The zero-order valence-electron chi connectivity index (χ0n) is 8.45. The van der Waals surface area contributed by atoms with Gasteiger partial charge in [-0.15, -0.1) is 0 Å². The third-order valence-corrected chi connectivity index (χ3v) is 2.52. The molecule has 0 aliphatic heterocycles. The Labute approximate surface area is 84.3 Å². The molecule has 80 valence electrons. The van der Waals surface area contributed by atoms with Gasteiger partial charge in [0, 0.05) is 0 Å². The molecule has 14 heavy (non-hydrogen) atoms. The van der Waals surface area contributed by atoms with Gasteiger partial charge >= 0.3 is 11.9 Å². The Bertz CT molecular complexity index is 301. The molecule has 0 aromatic rings. The summed E-state index contributed by atoms with van der Waals surface area (Å²) in [4.78, 5) is 33.2. The summed E-state index contributed by atoms with van der Waals surface area (Å²) in [5.41, 5.74) is 0. The van der Waals surface area contributed by atoms with Gasteiger partial charge in [-0.2, -0.15) is 10.5 Å². The summed E-state index contributed by atoms with van der Waals surface area (Å²) in [6.45, 7) is 0. The van der Waals surface area contributed by atoms with Crippen LogP contribution in [0.2, 0.25) is 0 Å². The molecular formula is C8H12O5S. The van der Waals surface area contributed by atoms with Crippen molar-refractivity contribution < 1.29 is 23.9 Å². The second-order valence-electron chi connectivity index (χ2n) is 2.46. The van der Waals surface area contributed by atoms with Gasteiger partial charge in [-0.05, 0) is 12.5 Å². The standard InChI is InChI=1S/C8H12O5S/c1-12-7(10)5(9)6(14(3)4)8(11)13-2/h1-4H3. The Hall–Kier alpha value is -1.17. The second kappa shape index (κ2) is 5.54. The number of carbonyl (C=O) groups is 3. The lowest BCUT2D eigenvalue weighted by Crippen LogP contribution is -2.32. The fourth-order valence-electron chi connectivity index (χ4n) is 0.723. The first kappa shape index (κ1) is 12.8. The molecule has 0 spiro atoms. The molecule has 0 fully saturated rings. The van der Waals surface area contributed by atoms with E-state index >= 15 is 0 Å². The molecule has 0 heterocycles. The molecule has 6 heteroatoms. The van der Waals surface area contributed by atoms with E-state index in [0.29, 0.717) is 0 Å². The number of carbonyl (C=O) groups excluding carboxylic acids is 3. The summed E-state index contributed by atoms with van der Waals surface area (Å²) in [7, 11) is 1.59. The van der Waals surface area contributed by atoms with Crippen molar-refractivity contribution in [2.24, 2.45) is 0 Å². The number of hydrogen-bond acceptors (Lipinski definition) is 5. The zero-order valence-corrected chi connectivity index (χ0v) is 9.27. The van der Waals surface area contributed by atoms with Crippen molar-refractivity contribution in [3.05, 3.63) is 0 Å². The first-order chi connectivity index (χ1) is 6.45. The summed E-state index contributed by atoms with van der Waals surface area (Å²) in [5, 5.41) is 0. The van der Waals surface area contributed by atoms with Gasteiger partial charge < -0.3 is 9.47 Å². The lowest BCUT2D eigenvalue weighted by molar-refractivity contribution is -0.149. The number of Topliss-reactive ketones (excluding diaryl/α,β-unsaturated/α-hetero) is 1. The van der Waals surface area contributed by atoms with Crippen LogP contribution >= 0.6 is 10.5 Å². The summed E-state index contributed by atoms with van der Waals surface area (Å²) in [6, 6.07) is 0. The maximum absolute atomic E-state index is 11.3. The Balaban J connectivity index is 5.08. The van der Waals surface area contributed by atoms with Crippen molar-refractivity contribution >= 4 is 33.1 Å². The molecule has 0 aliphatic carbocycles. The Morgan fingerprint density at radius 3 is 1.64 bits per heavy atom. The highest BCUT2D eigenvalue weighted by molar-refractivity contribution is 8.17. The summed E-state index contributed by atoms with van der Waals surface area (Å²) < 4.78 is 8.62. The molecule has 0 saturated heterocycles. The van der Waals surface area contributed by atoms with Crippen LogP contribution < -0.4 is 0 Å². The first-order valence-corrected chi connectivity index (χ1v) is 5.65. The fourth-order valence-corrected chi connectivity index (χ4v) is 1.59. The van der Waals surface area contributed by atoms with Gasteiger partial charge in [0.25, 0.3) is 5.78 Å². The largest absolute Gasteiger partial charge is 0.465 e. The van der Waals surface area contributed by atoms with Crippen LogP contribution in [0.4, 0.5) is 0 Å². The molecule has 5 nitrogen and oxygen atoms in total. The van der Waals surface area contributed by atoms with E-state index in [1.54, 1.807) is 12.5 Å². The smallest absolute Gasteiger partial charge is 0.380 e. The maximum Gasteiger partial charge on any atom is 0.380 e. The molecule has 0 unspecified atom stereocenters. The van der Waals surface area contributed by atoms with Gasteiger partial charge in [0.05, 0.1) is 14.2 Å². The Morgan fingerprint density at radius 2 is 1.36 bits per heavy atom. The highest BCUT2D eigenvalue weighted by Crippen LogP contribution is 2.06. The van der Waals surface area contributed by atoms with Gasteiger partial charge in [-0.3, -0.25) is 4.79 Å². The second-order valence-corrected chi connectivity index (χ2v) is 4.50. The van der Waals surface area contributed by atoms with Gasteiger partial charge in [0.2, 0.25) is 0 Å². The highest BCUT2D eigenvalue weighted by atomic mass is 32.2. The van der Waals surface area contributed by atoms with E-state index in [-0.39, 0.29) is 4.86 Å². The summed E-state index contributed by atoms with van der Waals surface area (Å²) in [5.74, 6) is -2.77. The minimum atomic E-state index is -1.05. The van der Waals surface area contributed by atoms with E-state index in [1.807, 2.05) is 0 Å². The Morgan fingerprint density at radius 1 is 0.929 bits per heavy atom. The van der Waals surface area contributed by atoms with Crippen molar-refractivity contribution in [1.29, 1.82) is 0 Å². The normalized spacial score (nSPS) is 9.50. The van der Waals surface area contributed by atoms with Crippen molar-refractivity contribution in [1.82, 2.24) is 0 Å². The average molecular weight is 220 g/mol. The maximum atomic E-state index is 11.3. The topological polar surface area (TPSA) is 69.7 Å². The number of hydrogen-bond donors (Lipinski definition) is 0. The predicted octanol–water partition coefficient (Wildman–Crippen LogP) is -0.398. The molecule has 0 aromatic carbocycles. The predicted molar refractivity (Wildman–Crippen MR) is 53.5 cm³/mol. The minimum absolute atomic E-state index is 0.167. The van der Waals surface area contributed by atoms with Crippen LogP contribution in [0.1, 0.15) is 0 Å². The van der Waals surface area contributed by atoms with Crippen LogP contribution in [0.15, 0.2) is 0 Å². The monoisotopic (exact) mass is 220 g/mol. The third kappa shape index (κ3) is 2.95. The molecule has 0 amide bonds. The number of esters is 2. The van der Waals surface area contributed by atoms with E-state index in [4.69, 9.17) is 0 Å². The quantitative estimate of drug-likeness (QED) is 0.280. The van der Waals surface area contributed by atoms with Crippen molar-refractivity contribution in [2.45, 2.75) is 0 Å². The first-order valence-electron chi connectivity index (χ1n) is 3.61. The lowest BCUT2D eigenvalue weighted by Gasteiger charge is -2.05. The zero-order chi connectivity index (χ0) is 11.3. The Kier molecular flexibility index (Phi) is 5.07. The molecule has 0 aromatic heterocycles. The molecule has 0 aliphatic rings. The SMILES string of the molecule is COC(=O)C(=O)C(C(=O)OC)=S(C)C. The minimum Gasteiger partial charge on any atom is -0.465 e. The molecule has 0 rings (SSSR count). The number of ether oxygens (including phenoxy) is 2. The van der Waals surface area contributed by atoms with E-state index in [2.05, 4.69) is 9.47 Å². The molecule has 0 radical (unpaired) electrons. The van der Waals surface area contributed by atoms with E-state index < -0.39 is 28.2 Å². The van der Waals surface area contributed by atoms with Crippen LogP contribution in [-0.2, 0) is 23.9 Å². The van der Waals surface area contributed by atoms with E-state index in [9.17, 15) is 14.4 Å². The highest BCUT2D eigenvalue weighted by Gasteiger charge is 2.27. The van der Waals surface area contributed by atoms with Crippen LogP contribution in [0.3, 0.4) is 0 Å². The average Bonchev–Trinajstić information content (AvgIpc) is 2.15. The van der Waals surface area contributed by atoms with Crippen molar-refractivity contribution in [3.8, 4) is 0 Å². The van der Waals surface area contributed by atoms with Crippen molar-refractivity contribution in [2.75, 3.05) is 26.7 Å².